The van der Waals surface area contributed by atoms with Crippen LogP contribution in [0.2, 0.25) is 0 Å². The molecule has 1 amide bonds. The minimum atomic E-state index is -0.760. The zero-order chi connectivity index (χ0) is 20.5. The van der Waals surface area contributed by atoms with Crippen LogP contribution in [0.5, 0.6) is 0 Å². The van der Waals surface area contributed by atoms with E-state index in [-0.39, 0.29) is 12.8 Å². The number of rotatable bonds is 7. The third kappa shape index (κ3) is 12.8. The lowest BCUT2D eigenvalue weighted by Crippen LogP contribution is -2.38. The SMILES string of the molecule is C/C=C(\S)SCCC(=O)O.C=CN(C1CCCCC1)C1CCCC1.NC=O. The molecule has 0 aromatic heterocycles. The van der Waals surface area contributed by atoms with Gasteiger partial charge in [-0.2, -0.15) is 0 Å². The van der Waals surface area contributed by atoms with Gasteiger partial charge in [0.1, 0.15) is 0 Å². The number of primary amides is 1. The van der Waals surface area contributed by atoms with E-state index >= 15 is 0 Å². The third-order valence-corrected chi connectivity index (χ3v) is 6.35. The van der Waals surface area contributed by atoms with Gasteiger partial charge < -0.3 is 15.7 Å². The van der Waals surface area contributed by atoms with Crippen molar-refractivity contribution in [2.45, 2.75) is 83.2 Å². The molecule has 2 saturated carbocycles. The molecule has 0 spiro atoms. The van der Waals surface area contributed by atoms with Crippen molar-refractivity contribution in [2.24, 2.45) is 5.73 Å². The molecule has 7 heteroatoms. The van der Waals surface area contributed by atoms with Crippen LogP contribution in [-0.2, 0) is 9.59 Å². The van der Waals surface area contributed by atoms with Crippen molar-refractivity contribution in [2.75, 3.05) is 5.75 Å². The van der Waals surface area contributed by atoms with Gasteiger partial charge in [0.05, 0.1) is 6.42 Å². The van der Waals surface area contributed by atoms with Crippen molar-refractivity contribution in [3.05, 3.63) is 23.1 Å². The molecule has 0 saturated heterocycles. The second-order valence-electron chi connectivity index (χ2n) is 6.62. The molecule has 0 atom stereocenters. The van der Waals surface area contributed by atoms with E-state index < -0.39 is 5.97 Å². The summed E-state index contributed by atoms with van der Waals surface area (Å²) in [4.78, 5) is 21.2. The van der Waals surface area contributed by atoms with Crippen molar-refractivity contribution in [1.82, 2.24) is 4.90 Å². The molecule has 0 radical (unpaired) electrons. The largest absolute Gasteiger partial charge is 0.481 e. The highest BCUT2D eigenvalue weighted by Gasteiger charge is 2.26. The summed E-state index contributed by atoms with van der Waals surface area (Å²) < 4.78 is 0.876. The van der Waals surface area contributed by atoms with Crippen LogP contribution in [0.25, 0.3) is 0 Å². The summed E-state index contributed by atoms with van der Waals surface area (Å²) in [6, 6.07) is 1.65. The third-order valence-electron chi connectivity index (χ3n) is 4.77. The van der Waals surface area contributed by atoms with E-state index in [0.717, 1.165) is 16.3 Å². The number of carbonyl (C=O) groups excluding carboxylic acids is 1. The number of carboxylic acids is 1. The predicted molar refractivity (Wildman–Crippen MR) is 119 cm³/mol. The lowest BCUT2D eigenvalue weighted by Gasteiger charge is -2.37. The van der Waals surface area contributed by atoms with Crippen molar-refractivity contribution in [3.63, 3.8) is 0 Å². The lowest BCUT2D eigenvalue weighted by atomic mass is 9.93. The maximum atomic E-state index is 10.0. The minimum absolute atomic E-state index is 0.197. The molecule has 5 nitrogen and oxygen atoms in total. The van der Waals surface area contributed by atoms with E-state index in [4.69, 9.17) is 9.90 Å². The van der Waals surface area contributed by atoms with Crippen LogP contribution in [0, 0.1) is 0 Å². The van der Waals surface area contributed by atoms with Gasteiger partial charge in [0.2, 0.25) is 6.41 Å². The maximum Gasteiger partial charge on any atom is 0.304 e. The highest BCUT2D eigenvalue weighted by Crippen LogP contribution is 2.30. The molecular weight excluding hydrogens is 380 g/mol. The number of thioether (sulfide) groups is 1. The topological polar surface area (TPSA) is 83.6 Å². The Bertz CT molecular complexity index is 447. The Balaban J connectivity index is 0.000000459. The molecule has 2 rings (SSSR count). The second kappa shape index (κ2) is 17.0. The Hall–Kier alpha value is -1.08. The zero-order valence-electron chi connectivity index (χ0n) is 16.5. The second-order valence-corrected chi connectivity index (χ2v) is 8.54. The van der Waals surface area contributed by atoms with Gasteiger partial charge >= 0.3 is 5.97 Å². The number of carbonyl (C=O) groups is 2. The maximum absolute atomic E-state index is 10.0. The van der Waals surface area contributed by atoms with Crippen LogP contribution in [0.15, 0.2) is 23.1 Å². The number of nitrogens with two attached hydrogens (primary N) is 1. The molecule has 0 unspecified atom stereocenters. The summed E-state index contributed by atoms with van der Waals surface area (Å²) >= 11 is 5.51. The molecule has 156 valence electrons. The Kier molecular flexibility index (Phi) is 16.4. The number of thiol groups is 1. The summed E-state index contributed by atoms with van der Waals surface area (Å²) in [6.07, 6.45) is 17.2. The molecular formula is C20H36N2O3S2. The molecule has 0 aromatic carbocycles. The molecule has 2 fully saturated rings. The zero-order valence-corrected chi connectivity index (χ0v) is 18.2. The molecule has 27 heavy (non-hydrogen) atoms. The molecule has 0 heterocycles. The molecule has 2 aliphatic carbocycles. The average molecular weight is 417 g/mol. The monoisotopic (exact) mass is 416 g/mol. The number of aliphatic carboxylic acids is 1. The van der Waals surface area contributed by atoms with Gasteiger partial charge in [0.25, 0.3) is 0 Å². The van der Waals surface area contributed by atoms with E-state index in [2.05, 4.69) is 36.0 Å². The first-order valence-electron chi connectivity index (χ1n) is 9.75. The van der Waals surface area contributed by atoms with E-state index in [1.807, 2.05) is 13.0 Å². The Morgan fingerprint density at radius 2 is 1.63 bits per heavy atom. The predicted octanol–water partition coefficient (Wildman–Crippen LogP) is 4.79. The number of carboxylic acid groups (broad SMARTS) is 1. The van der Waals surface area contributed by atoms with Crippen LogP contribution < -0.4 is 5.73 Å². The summed E-state index contributed by atoms with van der Waals surface area (Å²) in [5, 5.41) is 8.24. The molecule has 0 aromatic rings. The number of amides is 1. The Labute approximate surface area is 174 Å². The van der Waals surface area contributed by atoms with Crippen LogP contribution in [0.4, 0.5) is 0 Å². The van der Waals surface area contributed by atoms with Crippen LogP contribution in [0.1, 0.15) is 71.1 Å². The van der Waals surface area contributed by atoms with E-state index in [9.17, 15) is 4.79 Å². The fraction of sp³-hybridized carbons (Fsp3) is 0.700. The summed E-state index contributed by atoms with van der Waals surface area (Å²) in [5.41, 5.74) is 4.17. The fourth-order valence-corrected chi connectivity index (χ4v) is 4.43. The number of nitrogens with zero attached hydrogens (tertiary/aromatic N) is 1. The number of allylic oxidation sites excluding steroid dienone is 1. The standard InChI is InChI=1S/C13H23N.C6H10O2S2.CH3NO/c1-2-14(13-10-6-7-11-13)12-8-4-3-5-9-12;1-2-6(9)10-4-3-5(7)8;2-1-3/h2,12-13H,1,3-11H2;2,9H,3-4H2,1H3,(H,7,8);1H,(H2,2,3)/b;6-2+;. The van der Waals surface area contributed by atoms with Gasteiger partial charge in [-0.1, -0.05) is 44.8 Å². The molecule has 2 aliphatic rings. The lowest BCUT2D eigenvalue weighted by molar-refractivity contribution is -0.136. The quantitative estimate of drug-likeness (QED) is 0.410. The van der Waals surface area contributed by atoms with E-state index in [1.54, 1.807) is 0 Å². The molecule has 0 bridgehead atoms. The molecule has 3 N–H and O–H groups in total. The van der Waals surface area contributed by atoms with Gasteiger partial charge in [0, 0.05) is 22.1 Å². The van der Waals surface area contributed by atoms with E-state index in [0.29, 0.717) is 5.75 Å². The van der Waals surface area contributed by atoms with Crippen LogP contribution in [0.3, 0.4) is 0 Å². The highest BCUT2D eigenvalue weighted by atomic mass is 32.2. The fourth-order valence-electron chi connectivity index (χ4n) is 3.50. The summed E-state index contributed by atoms with van der Waals surface area (Å²) in [6.45, 7) is 5.88. The van der Waals surface area contributed by atoms with E-state index in [1.165, 1.54) is 69.5 Å². The first-order valence-corrected chi connectivity index (χ1v) is 11.2. The van der Waals surface area contributed by atoms with Crippen molar-refractivity contribution in [3.8, 4) is 0 Å². The van der Waals surface area contributed by atoms with Crippen molar-refractivity contribution in [1.29, 1.82) is 0 Å². The Morgan fingerprint density at radius 1 is 1.19 bits per heavy atom. The number of hydrogen-bond donors (Lipinski definition) is 3. The minimum Gasteiger partial charge on any atom is -0.481 e. The smallest absolute Gasteiger partial charge is 0.304 e. The van der Waals surface area contributed by atoms with Gasteiger partial charge in [0.15, 0.2) is 0 Å². The number of hydrogen-bond acceptors (Lipinski definition) is 5. The van der Waals surface area contributed by atoms with Gasteiger partial charge in [-0.05, 0) is 38.8 Å². The summed E-state index contributed by atoms with van der Waals surface area (Å²) in [5.74, 6) is -0.164. The highest BCUT2D eigenvalue weighted by molar-refractivity contribution is 8.15. The van der Waals surface area contributed by atoms with Gasteiger partial charge in [-0.25, -0.2) is 0 Å². The first-order chi connectivity index (χ1) is 13.0. The first kappa shape index (κ1) is 25.9. The van der Waals surface area contributed by atoms with Crippen LogP contribution in [-0.4, -0.2) is 40.2 Å². The summed E-state index contributed by atoms with van der Waals surface area (Å²) in [7, 11) is 0. The normalized spacial score (nSPS) is 17.8. The van der Waals surface area contributed by atoms with Crippen molar-refractivity contribution < 1.29 is 14.7 Å². The molecule has 0 aliphatic heterocycles. The van der Waals surface area contributed by atoms with Gasteiger partial charge in [-0.15, -0.1) is 24.4 Å². The van der Waals surface area contributed by atoms with Crippen LogP contribution >= 0.6 is 24.4 Å². The van der Waals surface area contributed by atoms with Crippen molar-refractivity contribution >= 4 is 36.8 Å². The average Bonchev–Trinajstić information content (AvgIpc) is 3.18. The van der Waals surface area contributed by atoms with Gasteiger partial charge in [-0.3, -0.25) is 9.59 Å². The Morgan fingerprint density at radius 3 is 2.00 bits per heavy atom.